The second kappa shape index (κ2) is 12.4. The van der Waals surface area contributed by atoms with Crippen LogP contribution in [-0.2, 0) is 30.4 Å². The summed E-state index contributed by atoms with van der Waals surface area (Å²) in [5.74, 6) is -4.83. The molecule has 0 aliphatic rings. The van der Waals surface area contributed by atoms with Crippen molar-refractivity contribution in [3.8, 4) is 0 Å². The number of carbonyl (C=O) groups is 5. The Labute approximate surface area is 184 Å². The van der Waals surface area contributed by atoms with Gasteiger partial charge < -0.3 is 36.9 Å². The largest absolute Gasteiger partial charge is 0.481 e. The van der Waals surface area contributed by atoms with Gasteiger partial charge in [-0.2, -0.15) is 0 Å². The summed E-state index contributed by atoms with van der Waals surface area (Å²) >= 11 is 0. The highest BCUT2D eigenvalue weighted by atomic mass is 16.4. The Balaban J connectivity index is 2.83. The SMILES string of the molecule is CC(NC(=O)C(Cc1cnc[nH]1)NC(=O)C(N)C(C)C)C(=O)NC(CCC(=O)O)C(=O)O. The number of H-pyrrole nitrogens is 1. The fraction of sp³-hybridized carbons (Fsp3) is 0.579. The topological polar surface area (TPSA) is 217 Å². The Hall–Kier alpha value is -3.48. The highest BCUT2D eigenvalue weighted by Crippen LogP contribution is 2.04. The molecule has 1 rings (SSSR count). The van der Waals surface area contributed by atoms with Crippen molar-refractivity contribution in [3.63, 3.8) is 0 Å². The first kappa shape index (κ1) is 26.6. The highest BCUT2D eigenvalue weighted by Gasteiger charge is 2.29. The number of rotatable bonds is 13. The highest BCUT2D eigenvalue weighted by molar-refractivity contribution is 5.94. The summed E-state index contributed by atoms with van der Waals surface area (Å²) in [6.07, 6.45) is 2.16. The van der Waals surface area contributed by atoms with Crippen molar-refractivity contribution in [2.75, 3.05) is 0 Å². The second-order valence-electron chi connectivity index (χ2n) is 7.67. The van der Waals surface area contributed by atoms with Crippen molar-refractivity contribution in [1.82, 2.24) is 25.9 Å². The zero-order valence-corrected chi connectivity index (χ0v) is 18.1. The summed E-state index contributed by atoms with van der Waals surface area (Å²) in [4.78, 5) is 66.1. The molecule has 0 bridgehead atoms. The van der Waals surface area contributed by atoms with E-state index in [1.54, 1.807) is 13.8 Å². The van der Waals surface area contributed by atoms with Crippen molar-refractivity contribution in [2.24, 2.45) is 11.7 Å². The minimum Gasteiger partial charge on any atom is -0.481 e. The zero-order chi connectivity index (χ0) is 24.4. The number of aromatic amines is 1. The minimum absolute atomic E-state index is 0.0487. The fourth-order valence-corrected chi connectivity index (χ4v) is 2.60. The van der Waals surface area contributed by atoms with Crippen molar-refractivity contribution in [1.29, 1.82) is 0 Å². The Morgan fingerprint density at radius 1 is 1.00 bits per heavy atom. The molecule has 3 amide bonds. The molecule has 8 N–H and O–H groups in total. The smallest absolute Gasteiger partial charge is 0.326 e. The molecular weight excluding hydrogens is 424 g/mol. The number of nitrogens with one attached hydrogen (secondary N) is 4. The lowest BCUT2D eigenvalue weighted by atomic mass is 10.0. The van der Waals surface area contributed by atoms with Gasteiger partial charge in [-0.25, -0.2) is 9.78 Å². The molecule has 0 aromatic carbocycles. The van der Waals surface area contributed by atoms with Gasteiger partial charge in [0.1, 0.15) is 18.1 Å². The van der Waals surface area contributed by atoms with Gasteiger partial charge in [0.2, 0.25) is 17.7 Å². The summed E-state index contributed by atoms with van der Waals surface area (Å²) in [6.45, 7) is 4.84. The van der Waals surface area contributed by atoms with Crippen LogP contribution >= 0.6 is 0 Å². The average molecular weight is 454 g/mol. The molecule has 13 heteroatoms. The Kier molecular flexibility index (Phi) is 10.3. The summed E-state index contributed by atoms with van der Waals surface area (Å²) in [5.41, 5.74) is 6.39. The van der Waals surface area contributed by atoms with Crippen LogP contribution in [0.5, 0.6) is 0 Å². The maximum atomic E-state index is 12.8. The van der Waals surface area contributed by atoms with Crippen LogP contribution in [0.15, 0.2) is 12.5 Å². The van der Waals surface area contributed by atoms with Gasteiger partial charge in [-0.05, 0) is 19.3 Å². The number of carboxylic acids is 2. The molecule has 13 nitrogen and oxygen atoms in total. The van der Waals surface area contributed by atoms with Crippen molar-refractivity contribution < 1.29 is 34.2 Å². The van der Waals surface area contributed by atoms with E-state index in [1.165, 1.54) is 19.4 Å². The van der Waals surface area contributed by atoms with E-state index >= 15 is 0 Å². The maximum Gasteiger partial charge on any atom is 0.326 e. The molecule has 0 spiro atoms. The van der Waals surface area contributed by atoms with E-state index in [0.717, 1.165) is 0 Å². The van der Waals surface area contributed by atoms with Crippen LogP contribution in [-0.4, -0.2) is 74.0 Å². The third-order valence-electron chi connectivity index (χ3n) is 4.65. The van der Waals surface area contributed by atoms with Crippen LogP contribution in [0.1, 0.15) is 39.3 Å². The number of carboxylic acid groups (broad SMARTS) is 2. The Morgan fingerprint density at radius 2 is 1.62 bits per heavy atom. The molecule has 32 heavy (non-hydrogen) atoms. The van der Waals surface area contributed by atoms with Crippen molar-refractivity contribution in [2.45, 2.75) is 64.2 Å². The van der Waals surface area contributed by atoms with Crippen LogP contribution < -0.4 is 21.7 Å². The number of aromatic nitrogens is 2. The predicted molar refractivity (Wildman–Crippen MR) is 111 cm³/mol. The van der Waals surface area contributed by atoms with Gasteiger partial charge in [0.25, 0.3) is 0 Å². The number of hydrogen-bond donors (Lipinski definition) is 7. The fourth-order valence-electron chi connectivity index (χ4n) is 2.60. The Morgan fingerprint density at radius 3 is 2.12 bits per heavy atom. The second-order valence-corrected chi connectivity index (χ2v) is 7.67. The van der Waals surface area contributed by atoms with Crippen LogP contribution in [0, 0.1) is 5.92 Å². The molecule has 0 aliphatic carbocycles. The van der Waals surface area contributed by atoms with Crippen molar-refractivity contribution >= 4 is 29.7 Å². The summed E-state index contributed by atoms with van der Waals surface area (Å²) < 4.78 is 0. The van der Waals surface area contributed by atoms with Gasteiger partial charge >= 0.3 is 11.9 Å². The first-order chi connectivity index (χ1) is 14.9. The lowest BCUT2D eigenvalue weighted by Crippen LogP contribution is -2.57. The molecule has 1 aromatic heterocycles. The Bertz CT molecular complexity index is 811. The molecule has 0 saturated heterocycles. The quantitative estimate of drug-likeness (QED) is 0.181. The molecule has 0 fully saturated rings. The van der Waals surface area contributed by atoms with Crippen LogP contribution in [0.25, 0.3) is 0 Å². The van der Waals surface area contributed by atoms with Gasteiger partial charge in [0, 0.05) is 24.7 Å². The van der Waals surface area contributed by atoms with Crippen LogP contribution in [0.2, 0.25) is 0 Å². The van der Waals surface area contributed by atoms with E-state index in [0.29, 0.717) is 5.69 Å². The lowest BCUT2D eigenvalue weighted by Gasteiger charge is -2.24. The molecule has 4 atom stereocenters. The summed E-state index contributed by atoms with van der Waals surface area (Å²) in [5, 5.41) is 25.0. The minimum atomic E-state index is -1.43. The summed E-state index contributed by atoms with van der Waals surface area (Å²) in [7, 11) is 0. The van der Waals surface area contributed by atoms with E-state index < -0.39 is 60.2 Å². The number of amides is 3. The summed E-state index contributed by atoms with van der Waals surface area (Å²) in [6, 6.07) is -4.51. The molecule has 0 aliphatic heterocycles. The van der Waals surface area contributed by atoms with E-state index in [1.807, 2.05) is 0 Å². The monoisotopic (exact) mass is 454 g/mol. The van der Waals surface area contributed by atoms with Gasteiger partial charge in [0.05, 0.1) is 12.4 Å². The molecule has 4 unspecified atom stereocenters. The van der Waals surface area contributed by atoms with Gasteiger partial charge in [-0.3, -0.25) is 19.2 Å². The van der Waals surface area contributed by atoms with E-state index in [2.05, 4.69) is 25.9 Å². The number of nitrogens with two attached hydrogens (primary N) is 1. The molecule has 1 heterocycles. The zero-order valence-electron chi connectivity index (χ0n) is 18.1. The third-order valence-corrected chi connectivity index (χ3v) is 4.65. The van der Waals surface area contributed by atoms with Gasteiger partial charge in [-0.15, -0.1) is 0 Å². The number of nitrogens with zero attached hydrogens (tertiary/aromatic N) is 1. The predicted octanol–water partition coefficient (Wildman–Crippen LogP) is -1.64. The first-order valence-corrected chi connectivity index (χ1v) is 10.0. The van der Waals surface area contributed by atoms with Crippen LogP contribution in [0.3, 0.4) is 0 Å². The molecular formula is C19H30N6O7. The lowest BCUT2D eigenvalue weighted by molar-refractivity contribution is -0.143. The molecule has 0 saturated carbocycles. The number of imidazole rings is 1. The van der Waals surface area contributed by atoms with Gasteiger partial charge in [0.15, 0.2) is 0 Å². The van der Waals surface area contributed by atoms with E-state index in [9.17, 15) is 24.0 Å². The molecule has 178 valence electrons. The van der Waals surface area contributed by atoms with Gasteiger partial charge in [-0.1, -0.05) is 13.8 Å². The van der Waals surface area contributed by atoms with Crippen LogP contribution in [0.4, 0.5) is 0 Å². The first-order valence-electron chi connectivity index (χ1n) is 10.0. The molecule has 0 radical (unpaired) electrons. The number of aliphatic carboxylic acids is 2. The normalized spacial score (nSPS) is 14.7. The third kappa shape index (κ3) is 8.71. The standard InChI is InChI=1S/C19H30N6O7/c1-9(2)15(20)18(30)25-13(6-11-7-21-8-22-11)17(29)23-10(3)16(28)24-12(19(31)32)4-5-14(26)27/h7-10,12-13,15H,4-6,20H2,1-3H3,(H,21,22)(H,23,29)(H,24,28)(H,25,30)(H,26,27)(H,31,32). The number of hydrogen-bond acceptors (Lipinski definition) is 7. The van der Waals surface area contributed by atoms with Crippen molar-refractivity contribution in [3.05, 3.63) is 18.2 Å². The van der Waals surface area contributed by atoms with E-state index in [4.69, 9.17) is 15.9 Å². The maximum absolute atomic E-state index is 12.8. The molecule has 1 aromatic rings. The number of carbonyl (C=O) groups excluding carboxylic acids is 3. The average Bonchev–Trinajstić information content (AvgIpc) is 3.22. The van der Waals surface area contributed by atoms with E-state index in [-0.39, 0.29) is 18.8 Å².